The Bertz CT molecular complexity index is 419. The lowest BCUT2D eigenvalue weighted by atomic mass is 10.0. The maximum atomic E-state index is 12.1. The molecule has 5 heteroatoms. The van der Waals surface area contributed by atoms with Crippen molar-refractivity contribution in [1.29, 1.82) is 0 Å². The van der Waals surface area contributed by atoms with Crippen molar-refractivity contribution >= 4 is 28.8 Å². The quantitative estimate of drug-likeness (QED) is 0.889. The highest BCUT2D eigenvalue weighted by Crippen LogP contribution is 2.29. The Morgan fingerprint density at radius 3 is 3.00 bits per heavy atom. The normalized spacial score (nSPS) is 23.9. The maximum Gasteiger partial charge on any atom is 0.263 e. The standard InChI is InChI=1S/C12H17ClN2OS/c1-7-6-17-11(10(7)13)12(16)15-9-4-2-3-8(9)5-14/h6,8-9H,2-5,14H2,1H3,(H,15,16). The molecule has 1 saturated carbocycles. The topological polar surface area (TPSA) is 55.1 Å². The van der Waals surface area contributed by atoms with Gasteiger partial charge in [0.2, 0.25) is 0 Å². The van der Waals surface area contributed by atoms with Gasteiger partial charge in [0.15, 0.2) is 0 Å². The molecule has 1 heterocycles. The molecule has 3 nitrogen and oxygen atoms in total. The number of carbonyl (C=O) groups is 1. The molecule has 0 bridgehead atoms. The number of thiophene rings is 1. The van der Waals surface area contributed by atoms with Crippen LogP contribution < -0.4 is 11.1 Å². The van der Waals surface area contributed by atoms with Crippen molar-refractivity contribution in [3.63, 3.8) is 0 Å². The van der Waals surface area contributed by atoms with E-state index in [0.29, 0.717) is 22.4 Å². The van der Waals surface area contributed by atoms with Crippen LogP contribution in [-0.4, -0.2) is 18.5 Å². The Labute approximate surface area is 110 Å². The fourth-order valence-corrected chi connectivity index (χ4v) is 3.51. The number of hydrogen-bond acceptors (Lipinski definition) is 3. The van der Waals surface area contributed by atoms with Crippen LogP contribution in [0.3, 0.4) is 0 Å². The summed E-state index contributed by atoms with van der Waals surface area (Å²) in [7, 11) is 0. The second kappa shape index (κ2) is 5.38. The van der Waals surface area contributed by atoms with Gasteiger partial charge in [0.1, 0.15) is 4.88 Å². The van der Waals surface area contributed by atoms with Crippen molar-refractivity contribution in [2.75, 3.05) is 6.54 Å². The first kappa shape index (κ1) is 12.9. The van der Waals surface area contributed by atoms with E-state index in [1.165, 1.54) is 11.3 Å². The molecule has 1 aliphatic carbocycles. The third-order valence-corrected chi connectivity index (χ3v) is 5.08. The van der Waals surface area contributed by atoms with E-state index in [9.17, 15) is 4.79 Å². The molecule has 1 amide bonds. The Morgan fingerprint density at radius 2 is 2.41 bits per heavy atom. The number of nitrogens with two attached hydrogens (primary N) is 1. The van der Waals surface area contributed by atoms with Gasteiger partial charge in [0, 0.05) is 6.04 Å². The first-order valence-corrected chi connectivity index (χ1v) is 7.13. The van der Waals surface area contributed by atoms with Gasteiger partial charge in [0.05, 0.1) is 5.02 Å². The summed E-state index contributed by atoms with van der Waals surface area (Å²) in [6.45, 7) is 2.55. The summed E-state index contributed by atoms with van der Waals surface area (Å²) in [5.41, 5.74) is 6.66. The lowest BCUT2D eigenvalue weighted by Gasteiger charge is -2.19. The smallest absolute Gasteiger partial charge is 0.263 e. The van der Waals surface area contributed by atoms with Gasteiger partial charge in [-0.25, -0.2) is 0 Å². The van der Waals surface area contributed by atoms with Crippen LogP contribution in [0.1, 0.15) is 34.5 Å². The first-order valence-electron chi connectivity index (χ1n) is 5.88. The number of halogens is 1. The molecule has 1 fully saturated rings. The van der Waals surface area contributed by atoms with E-state index in [1.807, 2.05) is 12.3 Å². The Balaban J connectivity index is 2.04. The van der Waals surface area contributed by atoms with Gasteiger partial charge in [0.25, 0.3) is 5.91 Å². The number of carbonyl (C=O) groups excluding carboxylic acids is 1. The van der Waals surface area contributed by atoms with Crippen LogP contribution in [0.25, 0.3) is 0 Å². The zero-order valence-electron chi connectivity index (χ0n) is 9.83. The molecule has 1 aromatic rings. The molecule has 94 valence electrons. The minimum atomic E-state index is -0.0570. The van der Waals surface area contributed by atoms with Gasteiger partial charge in [-0.2, -0.15) is 0 Å². The zero-order valence-corrected chi connectivity index (χ0v) is 11.4. The average Bonchev–Trinajstić information content (AvgIpc) is 2.87. The first-order chi connectivity index (χ1) is 8.13. The fraction of sp³-hybridized carbons (Fsp3) is 0.583. The molecule has 1 aliphatic rings. The molecule has 2 unspecified atom stereocenters. The van der Waals surface area contributed by atoms with Gasteiger partial charge in [-0.05, 0) is 43.2 Å². The van der Waals surface area contributed by atoms with E-state index < -0.39 is 0 Å². The lowest BCUT2D eigenvalue weighted by molar-refractivity contribution is 0.0933. The third-order valence-electron chi connectivity index (χ3n) is 3.38. The number of rotatable bonds is 3. The van der Waals surface area contributed by atoms with Crippen molar-refractivity contribution in [1.82, 2.24) is 5.32 Å². The lowest BCUT2D eigenvalue weighted by Crippen LogP contribution is -2.39. The van der Waals surface area contributed by atoms with Crippen molar-refractivity contribution in [3.8, 4) is 0 Å². The largest absolute Gasteiger partial charge is 0.348 e. The van der Waals surface area contributed by atoms with Gasteiger partial charge in [-0.3, -0.25) is 4.79 Å². The molecular weight excluding hydrogens is 256 g/mol. The number of hydrogen-bond donors (Lipinski definition) is 2. The van der Waals surface area contributed by atoms with Crippen molar-refractivity contribution in [3.05, 3.63) is 20.8 Å². The number of aryl methyl sites for hydroxylation is 1. The molecule has 0 aromatic carbocycles. The van der Waals surface area contributed by atoms with Gasteiger partial charge < -0.3 is 11.1 Å². The summed E-state index contributed by atoms with van der Waals surface area (Å²) in [5, 5.41) is 5.54. The molecule has 2 rings (SSSR count). The number of nitrogens with one attached hydrogen (secondary N) is 1. The third kappa shape index (κ3) is 2.64. The summed E-state index contributed by atoms with van der Waals surface area (Å²) in [5.74, 6) is 0.359. The predicted molar refractivity (Wildman–Crippen MR) is 71.7 cm³/mol. The Morgan fingerprint density at radius 1 is 1.65 bits per heavy atom. The van der Waals surface area contributed by atoms with E-state index in [0.717, 1.165) is 24.8 Å². The van der Waals surface area contributed by atoms with E-state index >= 15 is 0 Å². The van der Waals surface area contributed by atoms with Crippen LogP contribution in [0.2, 0.25) is 5.02 Å². The van der Waals surface area contributed by atoms with E-state index in [2.05, 4.69) is 5.32 Å². The molecule has 0 saturated heterocycles. The SMILES string of the molecule is Cc1csc(C(=O)NC2CCCC2CN)c1Cl. The van der Waals surface area contributed by atoms with Crippen LogP contribution in [0, 0.1) is 12.8 Å². The fourth-order valence-electron chi connectivity index (χ4n) is 2.33. The predicted octanol–water partition coefficient (Wildman–Crippen LogP) is 2.57. The van der Waals surface area contributed by atoms with Crippen LogP contribution in [0.4, 0.5) is 0 Å². The van der Waals surface area contributed by atoms with E-state index in [4.69, 9.17) is 17.3 Å². The molecule has 2 atom stereocenters. The maximum absolute atomic E-state index is 12.1. The molecule has 1 aromatic heterocycles. The minimum Gasteiger partial charge on any atom is -0.348 e. The molecule has 17 heavy (non-hydrogen) atoms. The molecule has 0 aliphatic heterocycles. The second-order valence-electron chi connectivity index (χ2n) is 4.57. The molecule has 0 radical (unpaired) electrons. The van der Waals surface area contributed by atoms with Gasteiger partial charge in [-0.15, -0.1) is 11.3 Å². The highest BCUT2D eigenvalue weighted by molar-refractivity contribution is 7.13. The average molecular weight is 273 g/mol. The van der Waals surface area contributed by atoms with E-state index in [1.54, 1.807) is 0 Å². The highest BCUT2D eigenvalue weighted by Gasteiger charge is 2.28. The number of amides is 1. The summed E-state index contributed by atoms with van der Waals surface area (Å²) >= 11 is 7.49. The van der Waals surface area contributed by atoms with E-state index in [-0.39, 0.29) is 11.9 Å². The van der Waals surface area contributed by atoms with Crippen molar-refractivity contribution in [2.24, 2.45) is 11.7 Å². The van der Waals surface area contributed by atoms with Crippen LogP contribution >= 0.6 is 22.9 Å². The van der Waals surface area contributed by atoms with Gasteiger partial charge >= 0.3 is 0 Å². The van der Waals surface area contributed by atoms with Crippen molar-refractivity contribution < 1.29 is 4.79 Å². The minimum absolute atomic E-state index is 0.0570. The van der Waals surface area contributed by atoms with Gasteiger partial charge in [-0.1, -0.05) is 18.0 Å². The molecule has 0 spiro atoms. The van der Waals surface area contributed by atoms with Crippen LogP contribution in [0.15, 0.2) is 5.38 Å². The summed E-state index contributed by atoms with van der Waals surface area (Å²) in [4.78, 5) is 12.7. The summed E-state index contributed by atoms with van der Waals surface area (Å²) in [6.07, 6.45) is 3.28. The molecular formula is C12H17ClN2OS. The Hall–Kier alpha value is -0.580. The summed E-state index contributed by atoms with van der Waals surface area (Å²) in [6, 6.07) is 0.214. The Kier molecular flexibility index (Phi) is 4.07. The van der Waals surface area contributed by atoms with Crippen LogP contribution in [0.5, 0.6) is 0 Å². The second-order valence-corrected chi connectivity index (χ2v) is 5.83. The highest BCUT2D eigenvalue weighted by atomic mass is 35.5. The summed E-state index contributed by atoms with van der Waals surface area (Å²) < 4.78 is 0. The van der Waals surface area contributed by atoms with Crippen LogP contribution in [-0.2, 0) is 0 Å². The molecule has 3 N–H and O–H groups in total. The monoisotopic (exact) mass is 272 g/mol. The van der Waals surface area contributed by atoms with Crippen molar-refractivity contribution in [2.45, 2.75) is 32.2 Å². The zero-order chi connectivity index (χ0) is 12.4.